The highest BCUT2D eigenvalue weighted by Gasteiger charge is 2.34. The van der Waals surface area contributed by atoms with Crippen LogP contribution in [0, 0.1) is 5.92 Å². The summed E-state index contributed by atoms with van der Waals surface area (Å²) in [5.74, 6) is -0.333. The van der Waals surface area contributed by atoms with Gasteiger partial charge in [0, 0.05) is 18.7 Å². The number of piperidine rings is 1. The monoisotopic (exact) mass is 435 g/mol. The molecule has 1 atom stereocenters. The summed E-state index contributed by atoms with van der Waals surface area (Å²) in [6.07, 6.45) is 4.44. The zero-order valence-corrected chi connectivity index (χ0v) is 18.9. The van der Waals surface area contributed by atoms with Crippen molar-refractivity contribution in [1.82, 2.24) is 15.3 Å². The zero-order chi connectivity index (χ0) is 22.1. The number of fused-ring (bicyclic) bond motifs is 1. The lowest BCUT2D eigenvalue weighted by molar-refractivity contribution is -0.118. The minimum atomic E-state index is -0.664. The van der Waals surface area contributed by atoms with Gasteiger partial charge in [-0.2, -0.15) is 0 Å². The smallest absolute Gasteiger partial charge is 0.415 e. The number of hydrogen-bond donors (Lipinski definition) is 3. The van der Waals surface area contributed by atoms with Crippen molar-refractivity contribution in [3.05, 3.63) is 17.4 Å². The number of halogens is 1. The van der Waals surface area contributed by atoms with Gasteiger partial charge >= 0.3 is 6.09 Å². The SMILES string of the molecule is CC(C)C(=O)Nc1c[nH]c2ncc(Cl)c(N(C(=O)OC(C)(C)C)[C@@H]3CCCNC3)c12. The van der Waals surface area contributed by atoms with Crippen molar-refractivity contribution in [2.45, 2.75) is 59.1 Å². The summed E-state index contributed by atoms with van der Waals surface area (Å²) >= 11 is 6.60. The second kappa shape index (κ2) is 8.81. The lowest BCUT2D eigenvalue weighted by Gasteiger charge is -2.36. The Balaban J connectivity index is 2.14. The van der Waals surface area contributed by atoms with Gasteiger partial charge in [-0.15, -0.1) is 0 Å². The lowest BCUT2D eigenvalue weighted by atomic mass is 10.0. The molecule has 8 nitrogen and oxygen atoms in total. The van der Waals surface area contributed by atoms with Crippen LogP contribution >= 0.6 is 11.6 Å². The Hall–Kier alpha value is -2.32. The summed E-state index contributed by atoms with van der Waals surface area (Å²) in [4.78, 5) is 34.7. The molecule has 2 aromatic heterocycles. The van der Waals surface area contributed by atoms with Gasteiger partial charge in [-0.3, -0.25) is 9.69 Å². The molecule has 0 bridgehead atoms. The Morgan fingerprint density at radius 2 is 2.10 bits per heavy atom. The van der Waals surface area contributed by atoms with Gasteiger partial charge in [-0.05, 0) is 40.2 Å². The number of amides is 2. The Morgan fingerprint density at radius 1 is 1.37 bits per heavy atom. The van der Waals surface area contributed by atoms with Crippen LogP contribution in [-0.2, 0) is 9.53 Å². The number of aromatic amines is 1. The van der Waals surface area contributed by atoms with Crippen LogP contribution < -0.4 is 15.5 Å². The van der Waals surface area contributed by atoms with Crippen LogP contribution in [0.3, 0.4) is 0 Å². The van der Waals surface area contributed by atoms with Crippen LogP contribution in [0.15, 0.2) is 12.4 Å². The van der Waals surface area contributed by atoms with Gasteiger partial charge in [0.05, 0.1) is 34.0 Å². The molecule has 0 aliphatic carbocycles. The van der Waals surface area contributed by atoms with E-state index in [9.17, 15) is 9.59 Å². The zero-order valence-electron chi connectivity index (χ0n) is 18.1. The van der Waals surface area contributed by atoms with E-state index in [2.05, 4.69) is 20.6 Å². The Kier molecular flexibility index (Phi) is 6.57. The molecule has 164 valence electrons. The summed E-state index contributed by atoms with van der Waals surface area (Å²) in [6.45, 7) is 10.6. The number of aromatic nitrogens is 2. The average Bonchev–Trinajstić information content (AvgIpc) is 3.06. The maximum Gasteiger partial charge on any atom is 0.415 e. The number of hydrogen-bond acceptors (Lipinski definition) is 5. The molecular formula is C21H30ClN5O3. The summed E-state index contributed by atoms with van der Waals surface area (Å²) in [5.41, 5.74) is 0.893. The molecule has 30 heavy (non-hydrogen) atoms. The van der Waals surface area contributed by atoms with Gasteiger partial charge in [0.25, 0.3) is 0 Å². The van der Waals surface area contributed by atoms with E-state index in [-0.39, 0.29) is 17.9 Å². The van der Waals surface area contributed by atoms with E-state index in [0.717, 1.165) is 19.4 Å². The first kappa shape index (κ1) is 22.4. The predicted octanol–water partition coefficient (Wildman–Crippen LogP) is 4.30. The third-order valence-electron chi connectivity index (χ3n) is 4.88. The summed E-state index contributed by atoms with van der Waals surface area (Å²) in [7, 11) is 0. The summed E-state index contributed by atoms with van der Waals surface area (Å²) in [6, 6.07) is -0.139. The normalized spacial score (nSPS) is 17.2. The predicted molar refractivity (Wildman–Crippen MR) is 119 cm³/mol. The third-order valence-corrected chi connectivity index (χ3v) is 5.16. The van der Waals surface area contributed by atoms with Gasteiger partial charge in [0.15, 0.2) is 0 Å². The van der Waals surface area contributed by atoms with E-state index < -0.39 is 11.7 Å². The van der Waals surface area contributed by atoms with Gasteiger partial charge in [-0.1, -0.05) is 25.4 Å². The molecule has 0 aromatic carbocycles. The second-order valence-electron chi connectivity index (χ2n) is 8.88. The van der Waals surface area contributed by atoms with Crippen LogP contribution in [0.5, 0.6) is 0 Å². The fourth-order valence-electron chi connectivity index (χ4n) is 3.45. The Morgan fingerprint density at radius 3 is 2.70 bits per heavy atom. The van der Waals surface area contributed by atoms with Gasteiger partial charge in [0.1, 0.15) is 11.2 Å². The number of anilines is 2. The molecule has 2 aromatic rings. The third kappa shape index (κ3) is 4.87. The highest BCUT2D eigenvalue weighted by Crippen LogP contribution is 2.40. The maximum atomic E-state index is 13.3. The van der Waals surface area contributed by atoms with E-state index >= 15 is 0 Å². The van der Waals surface area contributed by atoms with E-state index in [1.807, 2.05) is 34.6 Å². The molecule has 0 radical (unpaired) electrons. The van der Waals surface area contributed by atoms with Crippen molar-refractivity contribution in [2.24, 2.45) is 5.92 Å². The first-order valence-electron chi connectivity index (χ1n) is 10.3. The largest absolute Gasteiger partial charge is 0.443 e. The molecular weight excluding hydrogens is 406 g/mol. The molecule has 3 rings (SSSR count). The Labute approximate surface area is 181 Å². The quantitative estimate of drug-likeness (QED) is 0.664. The number of nitrogens with one attached hydrogen (secondary N) is 3. The highest BCUT2D eigenvalue weighted by molar-refractivity contribution is 6.36. The molecule has 3 N–H and O–H groups in total. The Bertz CT molecular complexity index is 929. The van der Waals surface area contributed by atoms with Crippen molar-refractivity contribution < 1.29 is 14.3 Å². The van der Waals surface area contributed by atoms with Crippen LogP contribution in [0.2, 0.25) is 5.02 Å². The maximum absolute atomic E-state index is 13.3. The standard InChI is InChI=1S/C21H30ClN5O3/c1-12(2)19(28)26-15-11-25-18-16(15)17(14(22)10-24-18)27(13-7-6-8-23-9-13)20(29)30-21(3,4)5/h10-13,23H,6-9H2,1-5H3,(H,24,25)(H,26,28)/t13-/m1/s1. The van der Waals surface area contributed by atoms with Gasteiger partial charge < -0.3 is 20.4 Å². The molecule has 1 aliphatic rings. The van der Waals surface area contributed by atoms with Crippen molar-refractivity contribution in [3.63, 3.8) is 0 Å². The van der Waals surface area contributed by atoms with Crippen LogP contribution in [0.25, 0.3) is 11.0 Å². The molecule has 1 saturated heterocycles. The van der Waals surface area contributed by atoms with E-state index in [1.165, 1.54) is 6.20 Å². The van der Waals surface area contributed by atoms with Crippen LogP contribution in [0.1, 0.15) is 47.5 Å². The number of pyridine rings is 1. The molecule has 1 aliphatic heterocycles. The second-order valence-corrected chi connectivity index (χ2v) is 9.28. The summed E-state index contributed by atoms with van der Waals surface area (Å²) < 4.78 is 5.73. The number of carbonyl (C=O) groups excluding carboxylic acids is 2. The number of H-pyrrole nitrogens is 1. The molecule has 3 heterocycles. The number of nitrogens with zero attached hydrogens (tertiary/aromatic N) is 2. The van der Waals surface area contributed by atoms with Crippen molar-refractivity contribution in [1.29, 1.82) is 0 Å². The fraction of sp³-hybridized carbons (Fsp3) is 0.571. The molecule has 0 unspecified atom stereocenters. The molecule has 0 spiro atoms. The number of carbonyl (C=O) groups is 2. The minimum Gasteiger partial charge on any atom is -0.443 e. The topological polar surface area (TPSA) is 99.4 Å². The fourth-order valence-corrected chi connectivity index (χ4v) is 3.69. The van der Waals surface area contributed by atoms with Crippen LogP contribution in [0.4, 0.5) is 16.2 Å². The van der Waals surface area contributed by atoms with Crippen molar-refractivity contribution in [3.8, 4) is 0 Å². The number of rotatable bonds is 4. The average molecular weight is 436 g/mol. The summed E-state index contributed by atoms with van der Waals surface area (Å²) in [5, 5.41) is 7.16. The van der Waals surface area contributed by atoms with E-state index in [0.29, 0.717) is 34.0 Å². The van der Waals surface area contributed by atoms with Gasteiger partial charge in [-0.25, -0.2) is 9.78 Å². The first-order valence-corrected chi connectivity index (χ1v) is 10.7. The lowest BCUT2D eigenvalue weighted by Crippen LogP contribution is -2.50. The van der Waals surface area contributed by atoms with Crippen molar-refractivity contribution in [2.75, 3.05) is 23.3 Å². The highest BCUT2D eigenvalue weighted by atomic mass is 35.5. The number of ether oxygens (including phenoxy) is 1. The molecule has 0 saturated carbocycles. The minimum absolute atomic E-state index is 0.134. The molecule has 2 amide bonds. The van der Waals surface area contributed by atoms with E-state index in [1.54, 1.807) is 11.1 Å². The van der Waals surface area contributed by atoms with E-state index in [4.69, 9.17) is 16.3 Å². The molecule has 1 fully saturated rings. The van der Waals surface area contributed by atoms with Gasteiger partial charge in [0.2, 0.25) is 5.91 Å². The van der Waals surface area contributed by atoms with Crippen LogP contribution in [-0.4, -0.2) is 46.7 Å². The van der Waals surface area contributed by atoms with Crippen molar-refractivity contribution >= 4 is 46.0 Å². The first-order chi connectivity index (χ1) is 14.1. The molecule has 9 heteroatoms.